The van der Waals surface area contributed by atoms with E-state index in [9.17, 15) is 4.79 Å². The van der Waals surface area contributed by atoms with Crippen LogP contribution >= 0.6 is 0 Å². The van der Waals surface area contributed by atoms with Gasteiger partial charge in [0, 0.05) is 30.3 Å². The topological polar surface area (TPSA) is 83.8 Å². The van der Waals surface area contributed by atoms with Crippen LogP contribution in [0.3, 0.4) is 0 Å². The van der Waals surface area contributed by atoms with Gasteiger partial charge in [0.2, 0.25) is 0 Å². The van der Waals surface area contributed by atoms with Crippen LogP contribution in [-0.4, -0.2) is 22.6 Å². The minimum Gasteiger partial charge on any atom is -0.364 e. The summed E-state index contributed by atoms with van der Waals surface area (Å²) in [5, 5.41) is 10.1. The van der Waals surface area contributed by atoms with Gasteiger partial charge in [0.15, 0.2) is 5.69 Å². The van der Waals surface area contributed by atoms with Crippen LogP contribution in [0.15, 0.2) is 0 Å². The van der Waals surface area contributed by atoms with Gasteiger partial charge in [-0.2, -0.15) is 5.10 Å². The quantitative estimate of drug-likeness (QED) is 0.624. The number of nitrogens with one attached hydrogen (secondary N) is 2. The standard InChI is InChI=1S/C9H14N4O/c1-2-5-3-11-4-6-7(5)12-13-8(6)9(10)14/h5,11H,2-4H2,1H3,(H2,10,14)(H,12,13). The van der Waals surface area contributed by atoms with Crippen molar-refractivity contribution in [3.63, 3.8) is 0 Å². The molecule has 1 aliphatic heterocycles. The first kappa shape index (κ1) is 9.21. The molecular formula is C9H14N4O. The Morgan fingerprint density at radius 2 is 2.50 bits per heavy atom. The zero-order chi connectivity index (χ0) is 10.1. The summed E-state index contributed by atoms with van der Waals surface area (Å²) < 4.78 is 0. The Labute approximate surface area is 82.1 Å². The molecule has 1 aromatic rings. The summed E-state index contributed by atoms with van der Waals surface area (Å²) in [7, 11) is 0. The molecule has 2 heterocycles. The Morgan fingerprint density at radius 3 is 3.14 bits per heavy atom. The molecule has 14 heavy (non-hydrogen) atoms. The molecule has 0 bridgehead atoms. The maximum absolute atomic E-state index is 11.0. The van der Waals surface area contributed by atoms with Crippen molar-refractivity contribution in [2.24, 2.45) is 5.73 Å². The van der Waals surface area contributed by atoms with E-state index in [1.165, 1.54) is 0 Å². The average molecular weight is 194 g/mol. The molecule has 5 heteroatoms. The van der Waals surface area contributed by atoms with Crippen molar-refractivity contribution in [3.05, 3.63) is 17.0 Å². The minimum absolute atomic E-state index is 0.380. The van der Waals surface area contributed by atoms with Crippen molar-refractivity contribution < 1.29 is 4.79 Å². The number of aromatic nitrogens is 2. The number of hydrogen-bond acceptors (Lipinski definition) is 3. The highest BCUT2D eigenvalue weighted by atomic mass is 16.1. The van der Waals surface area contributed by atoms with E-state index in [4.69, 9.17) is 5.73 Å². The van der Waals surface area contributed by atoms with Crippen LogP contribution in [0.4, 0.5) is 0 Å². The number of aromatic amines is 1. The third-order valence-corrected chi connectivity index (χ3v) is 2.73. The summed E-state index contributed by atoms with van der Waals surface area (Å²) in [6.07, 6.45) is 1.03. The summed E-state index contributed by atoms with van der Waals surface area (Å²) in [6, 6.07) is 0. The van der Waals surface area contributed by atoms with Crippen LogP contribution in [-0.2, 0) is 6.54 Å². The molecule has 0 saturated carbocycles. The zero-order valence-electron chi connectivity index (χ0n) is 8.13. The number of amides is 1. The van der Waals surface area contributed by atoms with Crippen molar-refractivity contribution in [1.82, 2.24) is 15.5 Å². The lowest BCUT2D eigenvalue weighted by atomic mass is 9.94. The number of H-pyrrole nitrogens is 1. The fourth-order valence-corrected chi connectivity index (χ4v) is 1.92. The molecule has 0 fully saturated rings. The molecule has 1 unspecified atom stereocenters. The summed E-state index contributed by atoms with van der Waals surface area (Å²) in [5.41, 5.74) is 7.61. The third-order valence-electron chi connectivity index (χ3n) is 2.73. The van der Waals surface area contributed by atoms with E-state index in [1.54, 1.807) is 0 Å². The number of fused-ring (bicyclic) bond motifs is 1. The SMILES string of the molecule is CCC1CNCc2c(C(N)=O)n[nH]c21. The van der Waals surface area contributed by atoms with E-state index < -0.39 is 5.91 Å². The molecule has 1 aliphatic rings. The highest BCUT2D eigenvalue weighted by Crippen LogP contribution is 2.26. The molecule has 0 aliphatic carbocycles. The summed E-state index contributed by atoms with van der Waals surface area (Å²) in [5.74, 6) is -0.0413. The van der Waals surface area contributed by atoms with Crippen LogP contribution in [0.25, 0.3) is 0 Å². The van der Waals surface area contributed by atoms with Gasteiger partial charge in [0.05, 0.1) is 0 Å². The van der Waals surface area contributed by atoms with Crippen LogP contribution in [0.1, 0.15) is 41.0 Å². The molecule has 0 radical (unpaired) electrons. The number of nitrogens with zero attached hydrogens (tertiary/aromatic N) is 1. The summed E-state index contributed by atoms with van der Waals surface area (Å²) in [4.78, 5) is 11.0. The van der Waals surface area contributed by atoms with Gasteiger partial charge in [0.25, 0.3) is 5.91 Å². The highest BCUT2D eigenvalue weighted by Gasteiger charge is 2.25. The lowest BCUT2D eigenvalue weighted by Crippen LogP contribution is -2.29. The van der Waals surface area contributed by atoms with Gasteiger partial charge in [-0.1, -0.05) is 6.92 Å². The minimum atomic E-state index is -0.457. The van der Waals surface area contributed by atoms with Crippen molar-refractivity contribution in [2.75, 3.05) is 6.54 Å². The van der Waals surface area contributed by atoms with E-state index >= 15 is 0 Å². The Balaban J connectivity index is 2.42. The highest BCUT2D eigenvalue weighted by molar-refractivity contribution is 5.92. The van der Waals surface area contributed by atoms with E-state index in [0.29, 0.717) is 18.2 Å². The van der Waals surface area contributed by atoms with Crippen LogP contribution < -0.4 is 11.1 Å². The van der Waals surface area contributed by atoms with Gasteiger partial charge < -0.3 is 11.1 Å². The van der Waals surface area contributed by atoms with Gasteiger partial charge in [-0.25, -0.2) is 0 Å². The van der Waals surface area contributed by atoms with Crippen molar-refractivity contribution >= 4 is 5.91 Å². The van der Waals surface area contributed by atoms with Crippen molar-refractivity contribution in [2.45, 2.75) is 25.8 Å². The first-order valence-electron chi connectivity index (χ1n) is 4.81. The second kappa shape index (κ2) is 3.42. The Kier molecular flexibility index (Phi) is 2.25. The number of primary amides is 1. The van der Waals surface area contributed by atoms with Gasteiger partial charge in [-0.15, -0.1) is 0 Å². The van der Waals surface area contributed by atoms with Crippen molar-refractivity contribution in [3.8, 4) is 0 Å². The van der Waals surface area contributed by atoms with Gasteiger partial charge in [-0.05, 0) is 6.42 Å². The number of rotatable bonds is 2. The molecule has 1 atom stereocenters. The molecule has 4 N–H and O–H groups in total. The predicted octanol–water partition coefficient (Wildman–Crippen LogP) is 0.105. The van der Waals surface area contributed by atoms with Gasteiger partial charge >= 0.3 is 0 Å². The van der Waals surface area contributed by atoms with Crippen molar-refractivity contribution in [1.29, 1.82) is 0 Å². The number of carbonyl (C=O) groups is 1. The maximum Gasteiger partial charge on any atom is 0.269 e. The Bertz CT molecular complexity index is 358. The fourth-order valence-electron chi connectivity index (χ4n) is 1.92. The summed E-state index contributed by atoms with van der Waals surface area (Å²) in [6.45, 7) is 3.73. The molecule has 0 saturated heterocycles. The van der Waals surface area contributed by atoms with Crippen LogP contribution in [0.5, 0.6) is 0 Å². The second-order valence-corrected chi connectivity index (χ2v) is 3.56. The van der Waals surface area contributed by atoms with E-state index in [1.807, 2.05) is 0 Å². The number of carbonyl (C=O) groups excluding carboxylic acids is 1. The molecule has 2 rings (SSSR count). The zero-order valence-corrected chi connectivity index (χ0v) is 8.13. The number of nitrogens with two attached hydrogens (primary N) is 1. The molecular weight excluding hydrogens is 180 g/mol. The monoisotopic (exact) mass is 194 g/mol. The normalized spacial score (nSPS) is 20.5. The third kappa shape index (κ3) is 1.29. The molecule has 5 nitrogen and oxygen atoms in total. The number of hydrogen-bond donors (Lipinski definition) is 3. The molecule has 1 aromatic heterocycles. The molecule has 76 valence electrons. The fraction of sp³-hybridized carbons (Fsp3) is 0.556. The van der Waals surface area contributed by atoms with Crippen LogP contribution in [0.2, 0.25) is 0 Å². The maximum atomic E-state index is 11.0. The lowest BCUT2D eigenvalue weighted by molar-refractivity contribution is 0.0994. The Morgan fingerprint density at radius 1 is 1.71 bits per heavy atom. The molecule has 0 aromatic carbocycles. The second-order valence-electron chi connectivity index (χ2n) is 3.56. The Hall–Kier alpha value is -1.36. The largest absolute Gasteiger partial charge is 0.364 e. The first-order valence-corrected chi connectivity index (χ1v) is 4.81. The molecule has 1 amide bonds. The predicted molar refractivity (Wildman–Crippen MR) is 51.8 cm³/mol. The molecule has 0 spiro atoms. The van der Waals surface area contributed by atoms with E-state index in [-0.39, 0.29) is 0 Å². The first-order chi connectivity index (χ1) is 6.74. The van der Waals surface area contributed by atoms with E-state index in [2.05, 4.69) is 22.4 Å². The smallest absolute Gasteiger partial charge is 0.269 e. The van der Waals surface area contributed by atoms with Gasteiger partial charge in [0.1, 0.15) is 0 Å². The summed E-state index contributed by atoms with van der Waals surface area (Å²) >= 11 is 0. The van der Waals surface area contributed by atoms with E-state index in [0.717, 1.165) is 24.2 Å². The van der Waals surface area contributed by atoms with Gasteiger partial charge in [-0.3, -0.25) is 9.89 Å². The lowest BCUT2D eigenvalue weighted by Gasteiger charge is -2.21. The average Bonchev–Trinajstić information content (AvgIpc) is 2.60. The van der Waals surface area contributed by atoms with Crippen LogP contribution in [0, 0.1) is 0 Å².